The molecule has 26 heavy (non-hydrogen) atoms. The van der Waals surface area contributed by atoms with E-state index in [2.05, 4.69) is 15.5 Å². The third-order valence-electron chi connectivity index (χ3n) is 3.88. The van der Waals surface area contributed by atoms with Crippen LogP contribution in [0.5, 0.6) is 0 Å². The zero-order valence-electron chi connectivity index (χ0n) is 13.5. The SMILES string of the molecule is O=C(NCc1ccco1)c1cc2c(/C=C/c3cccs3)n[nH]c2cc1F. The smallest absolute Gasteiger partial charge is 0.254 e. The van der Waals surface area contributed by atoms with Gasteiger partial charge in [0.25, 0.3) is 5.91 Å². The van der Waals surface area contributed by atoms with Crippen LogP contribution < -0.4 is 5.32 Å². The minimum absolute atomic E-state index is 0.0313. The highest BCUT2D eigenvalue weighted by molar-refractivity contribution is 7.10. The van der Waals surface area contributed by atoms with Gasteiger partial charge < -0.3 is 9.73 Å². The third kappa shape index (κ3) is 3.29. The Labute approximate surface area is 152 Å². The second kappa shape index (κ2) is 6.97. The van der Waals surface area contributed by atoms with E-state index in [-0.39, 0.29) is 12.1 Å². The van der Waals surface area contributed by atoms with E-state index >= 15 is 0 Å². The van der Waals surface area contributed by atoms with Crippen LogP contribution in [0.4, 0.5) is 4.39 Å². The predicted molar refractivity (Wildman–Crippen MR) is 99.2 cm³/mol. The van der Waals surface area contributed by atoms with Gasteiger partial charge in [-0.2, -0.15) is 5.10 Å². The summed E-state index contributed by atoms with van der Waals surface area (Å²) in [4.78, 5) is 13.4. The molecule has 0 aliphatic carbocycles. The van der Waals surface area contributed by atoms with E-state index in [0.717, 1.165) is 4.88 Å². The molecule has 3 heterocycles. The first-order valence-corrected chi connectivity index (χ1v) is 8.78. The minimum atomic E-state index is -0.605. The number of amides is 1. The molecule has 0 aliphatic rings. The van der Waals surface area contributed by atoms with Gasteiger partial charge in [-0.05, 0) is 41.8 Å². The summed E-state index contributed by atoms with van der Waals surface area (Å²) in [7, 11) is 0. The standard InChI is InChI=1S/C19H14FN3O2S/c20-16-10-18-15(17(22-23-18)6-5-13-4-2-8-26-13)9-14(16)19(24)21-11-12-3-1-7-25-12/h1-10H,11H2,(H,21,24)(H,22,23)/b6-5+. The van der Waals surface area contributed by atoms with E-state index in [9.17, 15) is 9.18 Å². The van der Waals surface area contributed by atoms with Crippen molar-refractivity contribution in [3.05, 3.63) is 75.8 Å². The number of aromatic amines is 1. The quantitative estimate of drug-likeness (QED) is 0.547. The number of carbonyl (C=O) groups is 1. The van der Waals surface area contributed by atoms with E-state index in [0.29, 0.717) is 22.4 Å². The lowest BCUT2D eigenvalue weighted by Crippen LogP contribution is -2.23. The fraction of sp³-hybridized carbons (Fsp3) is 0.0526. The molecule has 130 valence electrons. The van der Waals surface area contributed by atoms with Crippen molar-refractivity contribution < 1.29 is 13.6 Å². The van der Waals surface area contributed by atoms with E-state index < -0.39 is 11.7 Å². The maximum absolute atomic E-state index is 14.3. The molecule has 0 fully saturated rings. The number of aromatic nitrogens is 2. The summed E-state index contributed by atoms with van der Waals surface area (Å²) >= 11 is 1.61. The number of hydrogen-bond acceptors (Lipinski definition) is 4. The molecule has 0 spiro atoms. The van der Waals surface area contributed by atoms with Gasteiger partial charge in [0.2, 0.25) is 0 Å². The van der Waals surface area contributed by atoms with Crippen molar-refractivity contribution in [3.8, 4) is 0 Å². The Balaban J connectivity index is 1.61. The van der Waals surface area contributed by atoms with Crippen molar-refractivity contribution in [1.29, 1.82) is 0 Å². The van der Waals surface area contributed by atoms with Gasteiger partial charge in [-0.3, -0.25) is 9.89 Å². The molecule has 0 saturated heterocycles. The molecule has 5 nitrogen and oxygen atoms in total. The van der Waals surface area contributed by atoms with E-state index in [4.69, 9.17) is 4.42 Å². The van der Waals surface area contributed by atoms with E-state index in [1.165, 1.54) is 18.4 Å². The molecule has 3 aromatic heterocycles. The van der Waals surface area contributed by atoms with Crippen LogP contribution in [-0.2, 0) is 6.54 Å². The number of carbonyl (C=O) groups excluding carboxylic acids is 1. The molecule has 0 unspecified atom stereocenters. The molecule has 1 amide bonds. The van der Waals surface area contributed by atoms with Gasteiger partial charge in [-0.15, -0.1) is 11.3 Å². The maximum atomic E-state index is 14.3. The molecule has 4 rings (SSSR count). The number of furan rings is 1. The number of benzene rings is 1. The first-order chi connectivity index (χ1) is 12.7. The molecule has 0 bridgehead atoms. The Bertz CT molecular complexity index is 1070. The van der Waals surface area contributed by atoms with Gasteiger partial charge in [0.15, 0.2) is 0 Å². The second-order valence-corrected chi connectivity index (χ2v) is 6.58. The molecule has 0 atom stereocenters. The molecular weight excluding hydrogens is 353 g/mol. The number of thiophene rings is 1. The summed E-state index contributed by atoms with van der Waals surface area (Å²) in [5.41, 5.74) is 1.15. The Hall–Kier alpha value is -3.19. The van der Waals surface area contributed by atoms with Crippen LogP contribution in [0.15, 0.2) is 52.5 Å². The molecule has 7 heteroatoms. The normalized spacial score (nSPS) is 11.4. The van der Waals surface area contributed by atoms with Crippen LogP contribution in [0, 0.1) is 5.82 Å². The molecule has 0 aliphatic heterocycles. The Kier molecular flexibility index (Phi) is 4.37. The number of rotatable bonds is 5. The maximum Gasteiger partial charge on any atom is 0.254 e. The van der Waals surface area contributed by atoms with Crippen molar-refractivity contribution in [3.63, 3.8) is 0 Å². The Morgan fingerprint density at radius 2 is 2.23 bits per heavy atom. The fourth-order valence-electron chi connectivity index (χ4n) is 2.58. The molecule has 1 aromatic carbocycles. The highest BCUT2D eigenvalue weighted by Gasteiger charge is 2.15. The van der Waals surface area contributed by atoms with Gasteiger partial charge in [0.1, 0.15) is 11.6 Å². The predicted octanol–water partition coefficient (Wildman–Crippen LogP) is 4.46. The lowest BCUT2D eigenvalue weighted by Gasteiger charge is -2.05. The molecule has 0 radical (unpaired) electrons. The number of H-pyrrole nitrogens is 1. The van der Waals surface area contributed by atoms with Crippen molar-refractivity contribution in [2.24, 2.45) is 0 Å². The van der Waals surface area contributed by atoms with E-state index in [1.807, 2.05) is 29.7 Å². The van der Waals surface area contributed by atoms with Gasteiger partial charge in [0, 0.05) is 16.3 Å². The van der Waals surface area contributed by atoms with Gasteiger partial charge in [-0.25, -0.2) is 4.39 Å². The zero-order chi connectivity index (χ0) is 17.9. The number of hydrogen-bond donors (Lipinski definition) is 2. The number of nitrogens with one attached hydrogen (secondary N) is 2. The van der Waals surface area contributed by atoms with Crippen molar-refractivity contribution in [2.45, 2.75) is 6.54 Å². The Morgan fingerprint density at radius 3 is 3.00 bits per heavy atom. The third-order valence-corrected chi connectivity index (χ3v) is 4.71. The summed E-state index contributed by atoms with van der Waals surface area (Å²) in [6.07, 6.45) is 5.29. The van der Waals surface area contributed by atoms with E-state index in [1.54, 1.807) is 23.5 Å². The number of nitrogens with zero attached hydrogens (tertiary/aromatic N) is 1. The van der Waals surface area contributed by atoms with Crippen molar-refractivity contribution in [1.82, 2.24) is 15.5 Å². The second-order valence-electron chi connectivity index (χ2n) is 5.60. The number of halogens is 1. The highest BCUT2D eigenvalue weighted by atomic mass is 32.1. The summed E-state index contributed by atoms with van der Waals surface area (Å²) in [6.45, 7) is 0.194. The topological polar surface area (TPSA) is 70.9 Å². The first kappa shape index (κ1) is 16.3. The van der Waals surface area contributed by atoms with Crippen LogP contribution in [-0.4, -0.2) is 16.1 Å². The zero-order valence-corrected chi connectivity index (χ0v) is 14.3. The summed E-state index contributed by atoms with van der Waals surface area (Å²) < 4.78 is 19.5. The lowest BCUT2D eigenvalue weighted by molar-refractivity contribution is 0.0944. The van der Waals surface area contributed by atoms with Crippen LogP contribution in [0.3, 0.4) is 0 Å². The van der Waals surface area contributed by atoms with Gasteiger partial charge in [-0.1, -0.05) is 6.07 Å². The average molecular weight is 367 g/mol. The molecule has 2 N–H and O–H groups in total. The summed E-state index contributed by atoms with van der Waals surface area (Å²) in [6, 6.07) is 10.2. The number of fused-ring (bicyclic) bond motifs is 1. The summed E-state index contributed by atoms with van der Waals surface area (Å²) in [5, 5.41) is 12.3. The van der Waals surface area contributed by atoms with Gasteiger partial charge >= 0.3 is 0 Å². The molecule has 0 saturated carbocycles. The van der Waals surface area contributed by atoms with Crippen molar-refractivity contribution >= 4 is 40.3 Å². The van der Waals surface area contributed by atoms with Gasteiger partial charge in [0.05, 0.1) is 29.6 Å². The fourth-order valence-corrected chi connectivity index (χ4v) is 3.20. The van der Waals surface area contributed by atoms with Crippen LogP contribution in [0.2, 0.25) is 0 Å². The monoisotopic (exact) mass is 367 g/mol. The van der Waals surface area contributed by atoms with Crippen LogP contribution in [0.25, 0.3) is 23.1 Å². The summed E-state index contributed by atoms with van der Waals surface area (Å²) in [5.74, 6) is -0.509. The average Bonchev–Trinajstić information content (AvgIpc) is 3.38. The Morgan fingerprint density at radius 1 is 1.31 bits per heavy atom. The van der Waals surface area contributed by atoms with Crippen LogP contribution >= 0.6 is 11.3 Å². The highest BCUT2D eigenvalue weighted by Crippen LogP contribution is 2.23. The largest absolute Gasteiger partial charge is 0.467 e. The first-order valence-electron chi connectivity index (χ1n) is 7.90. The lowest BCUT2D eigenvalue weighted by atomic mass is 10.1. The molecule has 4 aromatic rings. The van der Waals surface area contributed by atoms with Crippen molar-refractivity contribution in [2.75, 3.05) is 0 Å². The molecular formula is C19H14FN3O2S. The van der Waals surface area contributed by atoms with Crippen LogP contribution in [0.1, 0.15) is 26.7 Å². The minimum Gasteiger partial charge on any atom is -0.467 e.